The number of halogens is 4. The van der Waals surface area contributed by atoms with Gasteiger partial charge in [0.25, 0.3) is 5.91 Å². The van der Waals surface area contributed by atoms with Gasteiger partial charge in [-0.25, -0.2) is 14.3 Å². The molecule has 5 rings (SSSR count). The maximum atomic E-state index is 14.0. The minimum Gasteiger partial charge on any atom is -0.465 e. The van der Waals surface area contributed by atoms with Crippen molar-refractivity contribution in [3.8, 4) is 10.6 Å². The van der Waals surface area contributed by atoms with Crippen LogP contribution in [0.25, 0.3) is 16.2 Å². The summed E-state index contributed by atoms with van der Waals surface area (Å²) in [6.07, 6.45) is -2.44. The van der Waals surface area contributed by atoms with E-state index in [1.54, 1.807) is 17.5 Å². The highest BCUT2D eigenvalue weighted by Crippen LogP contribution is 2.45. The zero-order chi connectivity index (χ0) is 28.3. The summed E-state index contributed by atoms with van der Waals surface area (Å²) in [7, 11) is 1.27. The van der Waals surface area contributed by atoms with E-state index in [0.29, 0.717) is 26.7 Å². The van der Waals surface area contributed by atoms with Gasteiger partial charge < -0.3 is 10.1 Å². The Hall–Kier alpha value is -2.77. The number of amides is 1. The van der Waals surface area contributed by atoms with E-state index in [1.165, 1.54) is 29.8 Å². The zero-order valence-corrected chi connectivity index (χ0v) is 24.6. The Labute approximate surface area is 238 Å². The van der Waals surface area contributed by atoms with Crippen molar-refractivity contribution in [3.63, 3.8) is 0 Å². The van der Waals surface area contributed by atoms with Crippen LogP contribution in [-0.2, 0) is 23.8 Å². The Balaban J connectivity index is 1.56. The van der Waals surface area contributed by atoms with Gasteiger partial charge in [0.2, 0.25) is 0 Å². The van der Waals surface area contributed by atoms with Crippen LogP contribution in [0.3, 0.4) is 0 Å². The molecule has 0 aromatic carbocycles. The lowest BCUT2D eigenvalue weighted by atomic mass is 9.72. The summed E-state index contributed by atoms with van der Waals surface area (Å²) < 4.78 is 47.7. The molecule has 1 aliphatic carbocycles. The van der Waals surface area contributed by atoms with Gasteiger partial charge in [0.05, 0.1) is 27.7 Å². The number of nitrogens with zero attached hydrogens (tertiary/aromatic N) is 3. The standard InChI is InChI=1S/C26H24BrF3N4O3S2/c1-25(2,3)12-7-8-13-16(10-12)39-23(18(13)24(36)37-4)32-22(35)20-19(27)21-31-14(15-6-5-9-38-15)11-17(26(28,29)30)34(21)33-20/h5-6,9,11-12H,7-8,10H2,1-4H3,(H,32,35)/t12-/m0/s1. The van der Waals surface area contributed by atoms with Crippen molar-refractivity contribution in [2.24, 2.45) is 11.3 Å². The van der Waals surface area contributed by atoms with Crippen LogP contribution in [0.5, 0.6) is 0 Å². The molecule has 0 spiro atoms. The van der Waals surface area contributed by atoms with E-state index in [2.05, 4.69) is 52.1 Å². The van der Waals surface area contributed by atoms with Crippen molar-refractivity contribution in [1.82, 2.24) is 14.6 Å². The molecular formula is C26H24BrF3N4O3S2. The number of nitrogens with one attached hydrogen (secondary N) is 1. The van der Waals surface area contributed by atoms with Crippen LogP contribution in [0, 0.1) is 11.3 Å². The molecule has 206 valence electrons. The molecule has 1 amide bonds. The highest BCUT2D eigenvalue weighted by Gasteiger charge is 2.38. The molecule has 1 atom stereocenters. The van der Waals surface area contributed by atoms with Gasteiger partial charge in [0, 0.05) is 4.88 Å². The lowest BCUT2D eigenvalue weighted by Crippen LogP contribution is -2.26. The van der Waals surface area contributed by atoms with Crippen molar-refractivity contribution < 1.29 is 27.5 Å². The van der Waals surface area contributed by atoms with Crippen LogP contribution in [0.2, 0.25) is 0 Å². The third kappa shape index (κ3) is 5.11. The SMILES string of the molecule is COC(=O)c1c(NC(=O)c2nn3c(C(F)(F)F)cc(-c4cccs4)nc3c2Br)sc2c1CC[C@H](C(C)(C)C)C2. The van der Waals surface area contributed by atoms with Crippen LogP contribution in [0.1, 0.15) is 64.2 Å². The van der Waals surface area contributed by atoms with Crippen LogP contribution in [-0.4, -0.2) is 33.6 Å². The zero-order valence-electron chi connectivity index (χ0n) is 21.4. The quantitative estimate of drug-likeness (QED) is 0.234. The predicted octanol–water partition coefficient (Wildman–Crippen LogP) is 7.49. The molecule has 0 bridgehead atoms. The molecule has 0 saturated heterocycles. The number of alkyl halides is 3. The smallest absolute Gasteiger partial charge is 0.433 e. The van der Waals surface area contributed by atoms with Gasteiger partial charge in [0.15, 0.2) is 17.0 Å². The van der Waals surface area contributed by atoms with Crippen LogP contribution >= 0.6 is 38.6 Å². The molecule has 0 aliphatic heterocycles. The fourth-order valence-corrected chi connectivity index (χ4v) is 7.30. The van der Waals surface area contributed by atoms with E-state index >= 15 is 0 Å². The molecule has 39 heavy (non-hydrogen) atoms. The van der Waals surface area contributed by atoms with Gasteiger partial charge in [-0.15, -0.1) is 22.7 Å². The maximum Gasteiger partial charge on any atom is 0.433 e. The second-order valence-corrected chi connectivity index (χ2v) is 13.2. The number of anilines is 1. The van der Waals surface area contributed by atoms with Crippen molar-refractivity contribution in [2.45, 2.75) is 46.2 Å². The monoisotopic (exact) mass is 640 g/mol. The first-order valence-electron chi connectivity index (χ1n) is 12.0. The Morgan fingerprint density at radius 3 is 2.62 bits per heavy atom. The summed E-state index contributed by atoms with van der Waals surface area (Å²) in [5.41, 5.74) is -0.180. The van der Waals surface area contributed by atoms with Crippen molar-refractivity contribution in [1.29, 1.82) is 0 Å². The Bertz CT molecular complexity index is 1590. The summed E-state index contributed by atoms with van der Waals surface area (Å²) in [5.74, 6) is -0.948. The lowest BCUT2D eigenvalue weighted by Gasteiger charge is -2.33. The van der Waals surface area contributed by atoms with E-state index in [-0.39, 0.29) is 32.5 Å². The Morgan fingerprint density at radius 2 is 2.00 bits per heavy atom. The summed E-state index contributed by atoms with van der Waals surface area (Å²) in [6, 6.07) is 4.29. The van der Waals surface area contributed by atoms with Crippen LogP contribution in [0.4, 0.5) is 18.2 Å². The minimum atomic E-state index is -4.75. The fraction of sp³-hybridized carbons (Fsp3) is 0.385. The number of hydrogen-bond acceptors (Lipinski definition) is 7. The average molecular weight is 642 g/mol. The molecule has 13 heteroatoms. The second-order valence-electron chi connectivity index (χ2n) is 10.4. The molecular weight excluding hydrogens is 617 g/mol. The van der Waals surface area contributed by atoms with Gasteiger partial charge in [-0.3, -0.25) is 4.79 Å². The molecule has 4 heterocycles. The number of rotatable bonds is 4. The summed E-state index contributed by atoms with van der Waals surface area (Å²) >= 11 is 5.79. The number of carbonyl (C=O) groups is 2. The van der Waals surface area contributed by atoms with Gasteiger partial charge >= 0.3 is 12.1 Å². The van der Waals surface area contributed by atoms with E-state index in [9.17, 15) is 22.8 Å². The summed E-state index contributed by atoms with van der Waals surface area (Å²) in [4.78, 5) is 32.1. The van der Waals surface area contributed by atoms with Crippen molar-refractivity contribution in [2.75, 3.05) is 12.4 Å². The number of methoxy groups -OCH3 is 1. The number of esters is 1. The molecule has 0 radical (unpaired) electrons. The van der Waals surface area contributed by atoms with Gasteiger partial charge in [-0.2, -0.15) is 18.3 Å². The minimum absolute atomic E-state index is 0.0117. The highest BCUT2D eigenvalue weighted by atomic mass is 79.9. The molecule has 0 saturated carbocycles. The molecule has 1 N–H and O–H groups in total. The van der Waals surface area contributed by atoms with Crippen molar-refractivity contribution in [3.05, 3.63) is 55.4 Å². The van der Waals surface area contributed by atoms with E-state index in [0.717, 1.165) is 29.3 Å². The van der Waals surface area contributed by atoms with Gasteiger partial charge in [-0.05, 0) is 69.6 Å². The number of carbonyl (C=O) groups excluding carboxylic acids is 2. The molecule has 1 aliphatic rings. The van der Waals surface area contributed by atoms with Crippen LogP contribution < -0.4 is 5.32 Å². The topological polar surface area (TPSA) is 85.6 Å². The highest BCUT2D eigenvalue weighted by molar-refractivity contribution is 9.10. The van der Waals surface area contributed by atoms with Crippen LogP contribution in [0.15, 0.2) is 28.1 Å². The van der Waals surface area contributed by atoms with Crippen molar-refractivity contribution >= 4 is 61.1 Å². The number of aromatic nitrogens is 3. The predicted molar refractivity (Wildman–Crippen MR) is 148 cm³/mol. The molecule has 0 fully saturated rings. The molecule has 7 nitrogen and oxygen atoms in total. The number of thiophene rings is 2. The third-order valence-corrected chi connectivity index (χ3v) is 9.71. The van der Waals surface area contributed by atoms with E-state index in [1.807, 2.05) is 0 Å². The number of hydrogen-bond donors (Lipinski definition) is 1. The first-order valence-corrected chi connectivity index (χ1v) is 14.5. The largest absolute Gasteiger partial charge is 0.465 e. The first kappa shape index (κ1) is 27.8. The summed E-state index contributed by atoms with van der Waals surface area (Å²) in [6.45, 7) is 6.52. The maximum absolute atomic E-state index is 14.0. The molecule has 0 unspecified atom stereocenters. The second kappa shape index (κ2) is 10.0. The lowest BCUT2D eigenvalue weighted by molar-refractivity contribution is -0.142. The third-order valence-electron chi connectivity index (χ3n) is 6.92. The number of fused-ring (bicyclic) bond motifs is 2. The van der Waals surface area contributed by atoms with Gasteiger partial charge in [0.1, 0.15) is 5.00 Å². The van der Waals surface area contributed by atoms with E-state index < -0.39 is 23.7 Å². The average Bonchev–Trinajstić information content (AvgIpc) is 3.59. The molecule has 4 aromatic heterocycles. The first-order chi connectivity index (χ1) is 18.3. The fourth-order valence-electron chi connectivity index (χ4n) is 4.78. The number of ether oxygens (including phenoxy) is 1. The summed E-state index contributed by atoms with van der Waals surface area (Å²) in [5, 5.41) is 8.73. The Morgan fingerprint density at radius 1 is 1.26 bits per heavy atom. The molecule has 4 aromatic rings. The Kier molecular flexibility index (Phi) is 7.13. The normalized spacial score (nSPS) is 15.8. The van der Waals surface area contributed by atoms with Gasteiger partial charge in [-0.1, -0.05) is 26.8 Å². The van der Waals surface area contributed by atoms with E-state index in [4.69, 9.17) is 4.74 Å².